The summed E-state index contributed by atoms with van der Waals surface area (Å²) >= 11 is -0.150. The van der Waals surface area contributed by atoms with Crippen molar-refractivity contribution < 1.29 is 86.3 Å². The van der Waals surface area contributed by atoms with E-state index in [1.807, 2.05) is 0 Å². The molecule has 0 atom stereocenters. The summed E-state index contributed by atoms with van der Waals surface area (Å²) in [5.74, 6) is 0. The summed E-state index contributed by atoms with van der Waals surface area (Å²) in [4.78, 5) is 8.33. The van der Waals surface area contributed by atoms with E-state index in [2.05, 4.69) is 0 Å². The average Bonchev–Trinajstić information content (AvgIpc) is 1.41. The molecule has 0 aliphatic carbocycles. The maximum atomic E-state index is 9.63. The van der Waals surface area contributed by atoms with E-state index in [4.69, 9.17) is 15.0 Å². The van der Waals surface area contributed by atoms with Crippen molar-refractivity contribution in [1.29, 1.82) is 0 Å². The third-order valence-corrected chi connectivity index (χ3v) is 0. The number of rotatable bonds is 0. The third kappa shape index (κ3) is 141. The molecule has 34 valence electrons. The molecule has 0 N–H and O–H groups in total. The van der Waals surface area contributed by atoms with Crippen LogP contribution in [-0.4, -0.2) is 6.16 Å². The van der Waals surface area contributed by atoms with Gasteiger partial charge in [0.1, 0.15) is 0 Å². The number of hydrogen-bond acceptors (Lipinski definition) is 3. The van der Waals surface area contributed by atoms with Gasteiger partial charge in [-0.3, -0.25) is 0 Å². The summed E-state index contributed by atoms with van der Waals surface area (Å²) in [6.45, 7) is 0. The van der Waals surface area contributed by atoms with E-state index in [0.717, 1.165) is 0 Å². The SMILES string of the molecule is O=C([O-])[O-].[F][Y].[Li+].[Li+]. The zero-order valence-corrected chi connectivity index (χ0v) is 7.52. The first-order valence-corrected chi connectivity index (χ1v) is 1.90. The van der Waals surface area contributed by atoms with E-state index in [-0.39, 0.29) is 69.4 Å². The fraction of sp³-hybridized carbons (Fsp3) is 0. The fourth-order valence-corrected chi connectivity index (χ4v) is 0. The summed E-state index contributed by atoms with van der Waals surface area (Å²) < 4.78 is 9.63. The predicted molar refractivity (Wildman–Crippen MR) is 6.50 cm³/mol. The van der Waals surface area contributed by atoms with Crippen molar-refractivity contribution in [2.45, 2.75) is 0 Å². The molecule has 0 spiro atoms. The van der Waals surface area contributed by atoms with Crippen molar-refractivity contribution in [1.82, 2.24) is 0 Å². The number of carboxylic acid groups (broad SMARTS) is 2. The Bertz CT molecular complexity index is 40.3. The van der Waals surface area contributed by atoms with Crippen LogP contribution in [0.25, 0.3) is 0 Å². The van der Waals surface area contributed by atoms with E-state index >= 15 is 0 Å². The predicted octanol–water partition coefficient (Wildman–Crippen LogP) is -8.02. The van der Waals surface area contributed by atoms with Gasteiger partial charge in [-0.1, -0.05) is 0 Å². The molecule has 0 aliphatic heterocycles. The largest absolute Gasteiger partial charge is 1.00 e. The Morgan fingerprint density at radius 3 is 1.25 bits per heavy atom. The van der Waals surface area contributed by atoms with Crippen LogP contribution in [0.5, 0.6) is 0 Å². The van der Waals surface area contributed by atoms with E-state index < -0.39 is 6.16 Å². The Balaban J connectivity index is -0.0000000183. The van der Waals surface area contributed by atoms with Gasteiger partial charge in [-0.25, -0.2) is 0 Å². The minimum atomic E-state index is -2.33. The molecule has 0 fully saturated rings. The van der Waals surface area contributed by atoms with E-state index in [0.29, 0.717) is 0 Å². The second-order valence-electron chi connectivity index (χ2n) is 0.250. The molecule has 0 saturated heterocycles. The molecule has 0 unspecified atom stereocenters. The zero-order valence-electron chi connectivity index (χ0n) is 4.68. The molecule has 0 aromatic heterocycles. The molecule has 0 saturated carbocycles. The smallest absolute Gasteiger partial charge is 1.00 e. The average molecular weight is 182 g/mol. The first kappa shape index (κ1) is 22.7. The van der Waals surface area contributed by atoms with Gasteiger partial charge in [0.15, 0.2) is 0 Å². The van der Waals surface area contributed by atoms with Crippen molar-refractivity contribution in [2.75, 3.05) is 0 Å². The van der Waals surface area contributed by atoms with Crippen LogP contribution in [-0.2, 0) is 31.7 Å². The van der Waals surface area contributed by atoms with Gasteiger partial charge in [0.25, 0.3) is 0 Å². The van der Waals surface area contributed by atoms with Crippen molar-refractivity contribution in [3.63, 3.8) is 0 Å². The van der Waals surface area contributed by atoms with Gasteiger partial charge < -0.3 is 15.0 Å². The summed E-state index contributed by atoms with van der Waals surface area (Å²) in [5.41, 5.74) is 0. The maximum Gasteiger partial charge on any atom is 1.00 e. The molecule has 0 radical (unpaired) electrons. The van der Waals surface area contributed by atoms with Gasteiger partial charge in [0.05, 0.1) is 0 Å². The van der Waals surface area contributed by atoms with Crippen molar-refractivity contribution in [3.8, 4) is 0 Å². The molecule has 0 aromatic carbocycles. The fourth-order valence-electron chi connectivity index (χ4n) is 0. The van der Waals surface area contributed by atoms with Gasteiger partial charge in [0.2, 0.25) is 0 Å². The van der Waals surface area contributed by atoms with Gasteiger partial charge in [-0.2, -0.15) is 0 Å². The van der Waals surface area contributed by atoms with Crippen LogP contribution in [0.4, 0.5) is 6.72 Å². The van der Waals surface area contributed by atoms with Gasteiger partial charge in [-0.05, 0) is 6.16 Å². The van der Waals surface area contributed by atoms with Crippen LogP contribution in [0.3, 0.4) is 0 Å². The molecule has 0 aromatic rings. The molecule has 3 nitrogen and oxygen atoms in total. The molecule has 8 heavy (non-hydrogen) atoms. The molecule has 7 heteroatoms. The summed E-state index contributed by atoms with van der Waals surface area (Å²) in [6.07, 6.45) is -2.33. The van der Waals surface area contributed by atoms with Crippen LogP contribution in [0, 0.1) is 0 Å². The second-order valence-corrected chi connectivity index (χ2v) is 0.250. The summed E-state index contributed by atoms with van der Waals surface area (Å²) in [7, 11) is 0. The van der Waals surface area contributed by atoms with E-state index in [1.165, 1.54) is 0 Å². The third-order valence-electron chi connectivity index (χ3n) is 0. The topological polar surface area (TPSA) is 63.2 Å². The van der Waals surface area contributed by atoms with Crippen LogP contribution < -0.4 is 47.9 Å². The van der Waals surface area contributed by atoms with Crippen LogP contribution in [0.1, 0.15) is 0 Å². The van der Waals surface area contributed by atoms with Crippen LogP contribution in [0.15, 0.2) is 0 Å². The van der Waals surface area contributed by atoms with Crippen molar-refractivity contribution >= 4 is 6.16 Å². The molecule has 0 amide bonds. The molecular formula is CFLi2O3Y. The Labute approximate surface area is 91.4 Å². The maximum absolute atomic E-state index is 9.63. The molecule has 0 aliphatic rings. The van der Waals surface area contributed by atoms with Crippen molar-refractivity contribution in [2.24, 2.45) is 0 Å². The molecule has 0 bridgehead atoms. The van der Waals surface area contributed by atoms with Gasteiger partial charge in [-0.15, -0.1) is 0 Å². The Kier molecular flexibility index (Phi) is 67.0. The normalized spacial score (nSPS) is 3.50. The first-order valence-electron chi connectivity index (χ1n) is 0.831. The van der Waals surface area contributed by atoms with Gasteiger partial charge >= 0.3 is 71.3 Å². The van der Waals surface area contributed by atoms with E-state index in [1.54, 1.807) is 0 Å². The number of hydrogen-bond donors (Lipinski definition) is 0. The first-order chi connectivity index (χ1) is 2.73. The van der Waals surface area contributed by atoms with Crippen molar-refractivity contribution in [3.05, 3.63) is 0 Å². The zero-order chi connectivity index (χ0) is 5.58. The monoisotopic (exact) mass is 182 g/mol. The van der Waals surface area contributed by atoms with Crippen LogP contribution in [0.2, 0.25) is 0 Å². The Morgan fingerprint density at radius 2 is 1.25 bits per heavy atom. The number of carbonyl (C=O) groups is 1. The quantitative estimate of drug-likeness (QED) is 0.349. The summed E-state index contributed by atoms with van der Waals surface area (Å²) in [5, 5.41) is 16.7. The minimum absolute atomic E-state index is 0. The standard InChI is InChI=1S/CH2O3.FH.2Li.Y/c2-1(3)4;;;;/h(H2,2,3,4);1H;;;/q;;3*+1/p-3. The molecule has 0 rings (SSSR count). The summed E-state index contributed by atoms with van der Waals surface area (Å²) in [6, 6.07) is 0. The Morgan fingerprint density at radius 1 is 1.25 bits per heavy atom. The van der Waals surface area contributed by atoms with Crippen LogP contribution >= 0.6 is 0 Å². The van der Waals surface area contributed by atoms with Gasteiger partial charge in [0, 0.05) is 0 Å². The van der Waals surface area contributed by atoms with E-state index in [9.17, 15) is 1.92 Å². The number of carbonyl (C=O) groups excluding carboxylic acids is 1. The minimum Gasteiger partial charge on any atom is 1.00 e. The Hall–Kier alpha value is 1.50. The molecule has 0 heterocycles. The molecular weight excluding hydrogens is 182 g/mol. The second kappa shape index (κ2) is 23.6. The number of halogens is 1.